The summed E-state index contributed by atoms with van der Waals surface area (Å²) in [4.78, 5) is 39.3. The number of unbranched alkanes of at least 4 members (excludes halogenated alkanes) is 1. The van der Waals surface area contributed by atoms with Crippen LogP contribution in [0.15, 0.2) is 24.3 Å². The molecule has 3 amide bonds. The van der Waals surface area contributed by atoms with E-state index >= 15 is 0 Å². The van der Waals surface area contributed by atoms with Gasteiger partial charge in [-0.05, 0) is 44.4 Å². The van der Waals surface area contributed by atoms with Crippen molar-refractivity contribution in [3.8, 4) is 5.75 Å². The van der Waals surface area contributed by atoms with Crippen LogP contribution >= 0.6 is 0 Å². The summed E-state index contributed by atoms with van der Waals surface area (Å²) in [6.45, 7) is 0.906. The fourth-order valence-corrected chi connectivity index (χ4v) is 3.75. The summed E-state index contributed by atoms with van der Waals surface area (Å²) in [5.41, 5.74) is 5.92. The topological polar surface area (TPSA) is 114 Å². The molecule has 3 rings (SSSR count). The number of nitrogens with one attached hydrogen (secondary N) is 2. The van der Waals surface area contributed by atoms with Crippen LogP contribution in [0.3, 0.4) is 0 Å². The van der Waals surface area contributed by atoms with Gasteiger partial charge in [-0.25, -0.2) is 0 Å². The van der Waals surface area contributed by atoms with Gasteiger partial charge in [-0.3, -0.25) is 14.4 Å². The standard InChI is InChI=1S/C19H26N4O4/c1-27-16-8-3-2-6-13(16)17(24)21-12-10-15-18(25)22-14(7-4-5-9-20)19(26)23(15)11-12/h2-3,6,8,12,14-15H,4-5,7,9-11,20H2,1H3,(H,21,24)(H,22,25)/t12-,14-,15-/m0/s1. The Hall–Kier alpha value is -2.61. The molecule has 2 heterocycles. The zero-order valence-electron chi connectivity index (χ0n) is 15.4. The third kappa shape index (κ3) is 4.05. The molecule has 146 valence electrons. The molecular formula is C19H26N4O4. The zero-order chi connectivity index (χ0) is 19.4. The SMILES string of the molecule is COc1ccccc1C(=O)N[C@H]1C[C@H]2C(=O)N[C@@H](CCCCN)C(=O)N2C1. The van der Waals surface area contributed by atoms with Crippen LogP contribution in [0, 0.1) is 0 Å². The van der Waals surface area contributed by atoms with Crippen molar-refractivity contribution in [1.29, 1.82) is 0 Å². The molecule has 0 aromatic heterocycles. The van der Waals surface area contributed by atoms with Crippen molar-refractivity contribution in [2.75, 3.05) is 20.2 Å². The van der Waals surface area contributed by atoms with Gasteiger partial charge in [0.15, 0.2) is 0 Å². The highest BCUT2D eigenvalue weighted by atomic mass is 16.5. The molecule has 2 aliphatic heterocycles. The summed E-state index contributed by atoms with van der Waals surface area (Å²) in [6, 6.07) is 5.66. The second-order valence-electron chi connectivity index (χ2n) is 6.96. The van der Waals surface area contributed by atoms with Crippen molar-refractivity contribution in [2.24, 2.45) is 5.73 Å². The number of amides is 3. The van der Waals surface area contributed by atoms with E-state index in [9.17, 15) is 14.4 Å². The number of methoxy groups -OCH3 is 1. The number of rotatable bonds is 7. The largest absolute Gasteiger partial charge is 0.496 e. The summed E-state index contributed by atoms with van der Waals surface area (Å²) in [7, 11) is 1.51. The maximum absolute atomic E-state index is 12.7. The molecule has 0 radical (unpaired) electrons. The van der Waals surface area contributed by atoms with Gasteiger partial charge < -0.3 is 26.0 Å². The van der Waals surface area contributed by atoms with Gasteiger partial charge in [0, 0.05) is 12.6 Å². The van der Waals surface area contributed by atoms with Crippen molar-refractivity contribution in [3.63, 3.8) is 0 Å². The van der Waals surface area contributed by atoms with Crippen molar-refractivity contribution in [3.05, 3.63) is 29.8 Å². The molecule has 0 bridgehead atoms. The van der Waals surface area contributed by atoms with Gasteiger partial charge in [0.05, 0.1) is 12.7 Å². The molecule has 8 nitrogen and oxygen atoms in total. The second kappa shape index (κ2) is 8.39. The van der Waals surface area contributed by atoms with E-state index in [0.29, 0.717) is 37.2 Å². The van der Waals surface area contributed by atoms with Gasteiger partial charge in [-0.15, -0.1) is 0 Å². The van der Waals surface area contributed by atoms with Gasteiger partial charge in [0.25, 0.3) is 5.91 Å². The monoisotopic (exact) mass is 374 g/mol. The number of carbonyl (C=O) groups is 3. The smallest absolute Gasteiger partial charge is 0.255 e. The van der Waals surface area contributed by atoms with Crippen LogP contribution in [0.1, 0.15) is 36.0 Å². The first kappa shape index (κ1) is 19.2. The highest BCUT2D eigenvalue weighted by molar-refractivity contribution is 5.99. The molecule has 0 spiro atoms. The molecule has 0 saturated carbocycles. The Labute approximate surface area is 158 Å². The number of piperazine rings is 1. The molecule has 2 saturated heterocycles. The van der Waals surface area contributed by atoms with Gasteiger partial charge in [0.2, 0.25) is 11.8 Å². The lowest BCUT2D eigenvalue weighted by Crippen LogP contribution is -2.61. The van der Waals surface area contributed by atoms with Gasteiger partial charge in [-0.1, -0.05) is 12.1 Å². The minimum atomic E-state index is -0.522. The first-order valence-corrected chi connectivity index (χ1v) is 9.30. The highest BCUT2D eigenvalue weighted by Crippen LogP contribution is 2.25. The number of benzene rings is 1. The first-order valence-electron chi connectivity index (χ1n) is 9.30. The molecule has 0 aliphatic carbocycles. The van der Waals surface area contributed by atoms with Crippen LogP contribution in [-0.4, -0.2) is 60.9 Å². The van der Waals surface area contributed by atoms with Crippen LogP contribution in [-0.2, 0) is 9.59 Å². The zero-order valence-corrected chi connectivity index (χ0v) is 15.4. The number of nitrogens with zero attached hydrogens (tertiary/aromatic N) is 1. The Balaban J connectivity index is 1.64. The molecule has 1 aromatic rings. The third-order valence-corrected chi connectivity index (χ3v) is 5.14. The van der Waals surface area contributed by atoms with Crippen LogP contribution in [0.25, 0.3) is 0 Å². The van der Waals surface area contributed by atoms with Gasteiger partial charge in [-0.2, -0.15) is 0 Å². The molecular weight excluding hydrogens is 348 g/mol. The number of hydrogen-bond donors (Lipinski definition) is 3. The summed E-state index contributed by atoms with van der Waals surface area (Å²) in [5.74, 6) is -0.0174. The Kier molecular flexibility index (Phi) is 5.95. The fraction of sp³-hybridized carbons (Fsp3) is 0.526. The van der Waals surface area contributed by atoms with E-state index in [1.165, 1.54) is 7.11 Å². The van der Waals surface area contributed by atoms with Gasteiger partial charge >= 0.3 is 0 Å². The molecule has 4 N–H and O–H groups in total. The summed E-state index contributed by atoms with van der Waals surface area (Å²) in [6.07, 6.45) is 2.61. The lowest BCUT2D eigenvalue weighted by molar-refractivity contribution is -0.147. The predicted molar refractivity (Wildman–Crippen MR) is 99.2 cm³/mol. The van der Waals surface area contributed by atoms with Crippen LogP contribution in [0.4, 0.5) is 0 Å². The number of para-hydroxylation sites is 1. The second-order valence-corrected chi connectivity index (χ2v) is 6.96. The molecule has 3 atom stereocenters. The Bertz CT molecular complexity index is 723. The predicted octanol–water partition coefficient (Wildman–Crippen LogP) is 0.0219. The Morgan fingerprint density at radius 1 is 1.33 bits per heavy atom. The van der Waals surface area contributed by atoms with E-state index in [0.717, 1.165) is 12.8 Å². The van der Waals surface area contributed by atoms with Crippen molar-refractivity contribution in [2.45, 2.75) is 43.8 Å². The summed E-state index contributed by atoms with van der Waals surface area (Å²) >= 11 is 0. The average molecular weight is 374 g/mol. The minimum absolute atomic E-state index is 0.0781. The van der Waals surface area contributed by atoms with E-state index < -0.39 is 12.1 Å². The Morgan fingerprint density at radius 2 is 2.11 bits per heavy atom. The number of nitrogens with two attached hydrogens (primary N) is 1. The number of carbonyl (C=O) groups excluding carboxylic acids is 3. The Morgan fingerprint density at radius 3 is 2.85 bits per heavy atom. The molecule has 2 fully saturated rings. The number of fused-ring (bicyclic) bond motifs is 1. The van der Waals surface area contributed by atoms with Crippen molar-refractivity contribution in [1.82, 2.24) is 15.5 Å². The number of hydrogen-bond acceptors (Lipinski definition) is 5. The third-order valence-electron chi connectivity index (χ3n) is 5.14. The molecule has 8 heteroatoms. The number of ether oxygens (including phenoxy) is 1. The summed E-state index contributed by atoms with van der Waals surface area (Å²) < 4.78 is 5.22. The normalized spacial score (nSPS) is 24.4. The quantitative estimate of drug-likeness (QED) is 0.583. The maximum Gasteiger partial charge on any atom is 0.255 e. The van der Waals surface area contributed by atoms with Crippen molar-refractivity contribution >= 4 is 17.7 Å². The lowest BCUT2D eigenvalue weighted by atomic mass is 10.0. The maximum atomic E-state index is 12.7. The van der Waals surface area contributed by atoms with Gasteiger partial charge in [0.1, 0.15) is 17.8 Å². The van der Waals surface area contributed by atoms with E-state index in [2.05, 4.69) is 10.6 Å². The molecule has 27 heavy (non-hydrogen) atoms. The van der Waals surface area contributed by atoms with E-state index in [1.807, 2.05) is 0 Å². The molecule has 1 aromatic carbocycles. The first-order chi connectivity index (χ1) is 13.0. The van der Waals surface area contributed by atoms with E-state index in [-0.39, 0.29) is 23.8 Å². The molecule has 2 aliphatic rings. The van der Waals surface area contributed by atoms with Crippen LogP contribution in [0.2, 0.25) is 0 Å². The van der Waals surface area contributed by atoms with E-state index in [1.54, 1.807) is 29.2 Å². The lowest BCUT2D eigenvalue weighted by Gasteiger charge is -2.34. The van der Waals surface area contributed by atoms with E-state index in [4.69, 9.17) is 10.5 Å². The van der Waals surface area contributed by atoms with Crippen molar-refractivity contribution < 1.29 is 19.1 Å². The van der Waals surface area contributed by atoms with Crippen LogP contribution < -0.4 is 21.1 Å². The van der Waals surface area contributed by atoms with Crippen LogP contribution in [0.5, 0.6) is 5.75 Å². The molecule has 0 unspecified atom stereocenters. The minimum Gasteiger partial charge on any atom is -0.496 e. The highest BCUT2D eigenvalue weighted by Gasteiger charge is 2.46. The average Bonchev–Trinajstić information content (AvgIpc) is 3.10. The summed E-state index contributed by atoms with van der Waals surface area (Å²) in [5, 5.41) is 5.74. The fourth-order valence-electron chi connectivity index (χ4n) is 3.75.